The van der Waals surface area contributed by atoms with Crippen molar-refractivity contribution in [1.29, 1.82) is 0 Å². The molecule has 0 aromatic carbocycles. The van der Waals surface area contributed by atoms with Crippen molar-refractivity contribution in [2.75, 3.05) is 0 Å². The van der Waals surface area contributed by atoms with Crippen molar-refractivity contribution < 1.29 is 21.6 Å². The number of thiol groups is 1. The van der Waals surface area contributed by atoms with E-state index in [1.807, 2.05) is 18.7 Å². The van der Waals surface area contributed by atoms with Gasteiger partial charge in [0.25, 0.3) is 0 Å². The molecule has 0 unspecified atom stereocenters. The van der Waals surface area contributed by atoms with Crippen LogP contribution in [0.1, 0.15) is 19.8 Å². The Balaban J connectivity index is 0.000000293. The van der Waals surface area contributed by atoms with Crippen LogP contribution in [0.2, 0.25) is 0 Å². The van der Waals surface area contributed by atoms with E-state index in [1.165, 1.54) is 12.8 Å². The molecule has 0 aliphatic rings. The van der Waals surface area contributed by atoms with Crippen LogP contribution in [-0.4, -0.2) is 23.5 Å². The molecule has 0 amide bonds. The summed E-state index contributed by atoms with van der Waals surface area (Å²) in [5.41, 5.74) is -5.05. The van der Waals surface area contributed by atoms with Gasteiger partial charge in [0.1, 0.15) is 0 Å². The highest BCUT2D eigenvalue weighted by atomic mass is 32.2. The molecule has 94 valence electrons. The minimum Gasteiger partial charge on any atom is -0.337 e. The first-order chi connectivity index (χ1) is 7.38. The van der Waals surface area contributed by atoms with Crippen LogP contribution in [0.5, 0.6) is 0 Å². The molecule has 0 spiro atoms. The minimum absolute atomic E-state index is 1.11. The lowest BCUT2D eigenvalue weighted by Crippen LogP contribution is -2.07. The third kappa shape index (κ3) is 7.27. The van der Waals surface area contributed by atoms with Crippen molar-refractivity contribution in [3.8, 4) is 0 Å². The number of imidazole rings is 1. The largest absolute Gasteiger partial charge is 0.494 e. The lowest BCUT2D eigenvalue weighted by molar-refractivity contribution is -0.0398. The van der Waals surface area contributed by atoms with Gasteiger partial charge in [-0.3, -0.25) is 0 Å². The van der Waals surface area contributed by atoms with Gasteiger partial charge < -0.3 is 4.57 Å². The number of hydrogen-bond acceptors (Lipinski definition) is 3. The SMILES string of the molecule is CCCCn1ccnc1.O=[SH](=O)C(F)(F)F. The number of hydrogen-bond donors (Lipinski definition) is 1. The van der Waals surface area contributed by atoms with Gasteiger partial charge in [0.15, 0.2) is 0 Å². The zero-order valence-corrected chi connectivity index (χ0v) is 9.54. The molecule has 1 aromatic heterocycles. The van der Waals surface area contributed by atoms with Crippen LogP contribution in [-0.2, 0) is 17.2 Å². The fraction of sp³-hybridized carbons (Fsp3) is 0.625. The van der Waals surface area contributed by atoms with E-state index in [4.69, 9.17) is 8.42 Å². The second kappa shape index (κ2) is 7.26. The van der Waals surface area contributed by atoms with Gasteiger partial charge in [-0.1, -0.05) is 13.3 Å². The Morgan fingerprint density at radius 2 is 1.94 bits per heavy atom. The lowest BCUT2D eigenvalue weighted by Gasteiger charge is -1.96. The lowest BCUT2D eigenvalue weighted by atomic mass is 10.3. The van der Waals surface area contributed by atoms with Crippen LogP contribution in [0.3, 0.4) is 0 Å². The summed E-state index contributed by atoms with van der Waals surface area (Å²) in [6.07, 6.45) is 8.16. The van der Waals surface area contributed by atoms with Crippen molar-refractivity contribution >= 4 is 10.7 Å². The molecule has 1 aromatic rings. The van der Waals surface area contributed by atoms with Crippen molar-refractivity contribution in [3.63, 3.8) is 0 Å². The van der Waals surface area contributed by atoms with Crippen molar-refractivity contribution in [1.82, 2.24) is 9.55 Å². The average Bonchev–Trinajstić information content (AvgIpc) is 2.66. The maximum Gasteiger partial charge on any atom is 0.494 e. The Labute approximate surface area is 93.1 Å². The molecule has 8 heteroatoms. The molecule has 0 fully saturated rings. The molecule has 0 atom stereocenters. The predicted octanol–water partition coefficient (Wildman–Crippen LogP) is 1.80. The number of nitrogens with zero attached hydrogens (tertiary/aromatic N) is 2. The van der Waals surface area contributed by atoms with Crippen LogP contribution >= 0.6 is 0 Å². The highest BCUT2D eigenvalue weighted by Gasteiger charge is 2.31. The summed E-state index contributed by atoms with van der Waals surface area (Å²) in [7, 11) is -4.24. The summed E-state index contributed by atoms with van der Waals surface area (Å²) >= 11 is 0. The van der Waals surface area contributed by atoms with E-state index in [1.54, 1.807) is 0 Å². The summed E-state index contributed by atoms with van der Waals surface area (Å²) in [4.78, 5) is 3.94. The van der Waals surface area contributed by atoms with Gasteiger partial charge in [0, 0.05) is 18.9 Å². The fourth-order valence-corrected chi connectivity index (χ4v) is 0.760. The van der Waals surface area contributed by atoms with E-state index >= 15 is 0 Å². The number of aromatic nitrogens is 2. The highest BCUT2D eigenvalue weighted by molar-refractivity contribution is 7.73. The molecule has 1 rings (SSSR count). The summed E-state index contributed by atoms with van der Waals surface area (Å²) < 4.78 is 51.7. The molecular weight excluding hydrogens is 245 g/mol. The third-order valence-corrected chi connectivity index (χ3v) is 1.95. The molecule has 0 bridgehead atoms. The molecule has 1 heterocycles. The number of halogens is 3. The van der Waals surface area contributed by atoms with Gasteiger partial charge in [-0.05, 0) is 6.42 Å². The third-order valence-electron chi connectivity index (χ3n) is 1.54. The normalized spacial score (nSPS) is 11.1. The van der Waals surface area contributed by atoms with E-state index in [0.29, 0.717) is 0 Å². The van der Waals surface area contributed by atoms with Crippen LogP contribution in [0.25, 0.3) is 0 Å². The molecule has 0 N–H and O–H groups in total. The predicted molar refractivity (Wildman–Crippen MR) is 53.5 cm³/mol. The van der Waals surface area contributed by atoms with Crippen molar-refractivity contribution in [2.45, 2.75) is 31.8 Å². The minimum atomic E-state index is -5.05. The summed E-state index contributed by atoms with van der Waals surface area (Å²) in [6.45, 7) is 3.30. The first-order valence-corrected chi connectivity index (χ1v) is 5.72. The maximum atomic E-state index is 10.6. The number of rotatable bonds is 3. The maximum absolute atomic E-state index is 10.6. The fourth-order valence-electron chi connectivity index (χ4n) is 0.760. The van der Waals surface area contributed by atoms with Gasteiger partial charge in [0.2, 0.25) is 10.7 Å². The standard InChI is InChI=1S/C7H12N2.CHF3O2S/c1-2-3-5-9-6-4-8-7-9;2-1(3,4)7(5)6/h4,6-7H,2-3,5H2,1H3;7H. The quantitative estimate of drug-likeness (QED) is 0.841. The molecule has 4 nitrogen and oxygen atoms in total. The van der Waals surface area contributed by atoms with Crippen LogP contribution in [0.15, 0.2) is 18.7 Å². The number of aryl methyl sites for hydroxylation is 1. The smallest absolute Gasteiger partial charge is 0.337 e. The Morgan fingerprint density at radius 3 is 2.25 bits per heavy atom. The average molecular weight is 258 g/mol. The first kappa shape index (κ1) is 14.9. The monoisotopic (exact) mass is 258 g/mol. The molecule has 0 radical (unpaired) electrons. The molecular formula is C8H13F3N2O2S. The van der Waals surface area contributed by atoms with Gasteiger partial charge in [-0.15, -0.1) is 0 Å². The Kier molecular flexibility index (Phi) is 6.78. The Morgan fingerprint density at radius 1 is 1.38 bits per heavy atom. The van der Waals surface area contributed by atoms with E-state index in [2.05, 4.69) is 16.5 Å². The van der Waals surface area contributed by atoms with E-state index in [9.17, 15) is 13.2 Å². The van der Waals surface area contributed by atoms with Crippen LogP contribution < -0.4 is 0 Å². The van der Waals surface area contributed by atoms with E-state index < -0.39 is 16.2 Å². The first-order valence-electron chi connectivity index (χ1n) is 4.55. The second-order valence-electron chi connectivity index (χ2n) is 2.88. The summed E-state index contributed by atoms with van der Waals surface area (Å²) in [5.74, 6) is 0. The molecule has 16 heavy (non-hydrogen) atoms. The second-order valence-corrected chi connectivity index (χ2v) is 3.90. The van der Waals surface area contributed by atoms with Gasteiger partial charge in [-0.2, -0.15) is 13.2 Å². The van der Waals surface area contributed by atoms with Gasteiger partial charge in [0.05, 0.1) is 6.33 Å². The summed E-state index contributed by atoms with van der Waals surface area (Å²) in [6, 6.07) is 0. The molecule has 0 saturated heterocycles. The van der Waals surface area contributed by atoms with Crippen LogP contribution in [0.4, 0.5) is 13.2 Å². The topological polar surface area (TPSA) is 52.0 Å². The van der Waals surface area contributed by atoms with Crippen molar-refractivity contribution in [2.24, 2.45) is 0 Å². The summed E-state index contributed by atoms with van der Waals surface area (Å²) in [5, 5.41) is 0. The highest BCUT2D eigenvalue weighted by Crippen LogP contribution is 2.13. The van der Waals surface area contributed by atoms with Gasteiger partial charge in [-0.25, -0.2) is 13.4 Å². The Hall–Kier alpha value is -1.05. The van der Waals surface area contributed by atoms with Gasteiger partial charge >= 0.3 is 5.51 Å². The molecule has 0 aliphatic carbocycles. The Bertz CT molecular complexity index is 339. The number of unbranched alkanes of at least 4 members (excludes halogenated alkanes) is 1. The number of alkyl halides is 3. The zero-order chi connectivity index (χ0) is 12.6. The zero-order valence-electron chi connectivity index (χ0n) is 8.65. The van der Waals surface area contributed by atoms with E-state index in [0.717, 1.165) is 6.54 Å². The van der Waals surface area contributed by atoms with Crippen LogP contribution in [0, 0.1) is 0 Å². The molecule has 0 saturated carbocycles. The van der Waals surface area contributed by atoms with Crippen molar-refractivity contribution in [3.05, 3.63) is 18.7 Å². The molecule has 0 aliphatic heterocycles. The van der Waals surface area contributed by atoms with E-state index in [-0.39, 0.29) is 0 Å².